The van der Waals surface area contributed by atoms with Crippen molar-refractivity contribution in [1.29, 1.82) is 0 Å². The minimum Gasteiger partial charge on any atom is -0.467 e. The number of rotatable bonds is 9. The molecule has 1 N–H and O–H groups in total. The molecule has 1 aliphatic heterocycles. The summed E-state index contributed by atoms with van der Waals surface area (Å²) in [5.74, 6) is 1.09. The van der Waals surface area contributed by atoms with Gasteiger partial charge in [0.1, 0.15) is 12.4 Å². The van der Waals surface area contributed by atoms with Gasteiger partial charge in [0.2, 0.25) is 10.0 Å². The lowest BCUT2D eigenvalue weighted by atomic mass is 10.0. The molecule has 3 rings (SSSR count). The molecule has 0 amide bonds. The Labute approximate surface area is 172 Å². The number of piperazine rings is 1. The standard InChI is InChI=1S/C21H30N2O5S/c1-17(2)18-5-7-21(8-6-18)29(25,26)23-11-9-22(10-12-23)14-19(24)15-27-16-20-4-3-13-28-20/h3-8,13,17,19,24H,9-12,14-16H2,1-2H3. The number of furan rings is 1. The second-order valence-electron chi connectivity index (χ2n) is 7.68. The van der Waals surface area contributed by atoms with Crippen molar-refractivity contribution in [3.63, 3.8) is 0 Å². The highest BCUT2D eigenvalue weighted by atomic mass is 32.2. The Bertz CT molecular complexity index is 842. The molecule has 0 bridgehead atoms. The van der Waals surface area contributed by atoms with E-state index >= 15 is 0 Å². The SMILES string of the molecule is CC(C)c1ccc(S(=O)(=O)N2CCN(CC(O)COCc3ccco3)CC2)cc1. The maximum atomic E-state index is 12.9. The summed E-state index contributed by atoms with van der Waals surface area (Å²) in [7, 11) is -3.49. The van der Waals surface area contributed by atoms with Crippen molar-refractivity contribution in [2.75, 3.05) is 39.3 Å². The lowest BCUT2D eigenvalue weighted by Gasteiger charge is -2.34. The lowest BCUT2D eigenvalue weighted by Crippen LogP contribution is -2.50. The summed E-state index contributed by atoms with van der Waals surface area (Å²) in [5, 5.41) is 10.2. The van der Waals surface area contributed by atoms with Gasteiger partial charge < -0.3 is 14.3 Å². The van der Waals surface area contributed by atoms with E-state index in [0.717, 1.165) is 11.3 Å². The molecule has 2 aromatic rings. The van der Waals surface area contributed by atoms with Crippen LogP contribution >= 0.6 is 0 Å². The van der Waals surface area contributed by atoms with Gasteiger partial charge in [0.25, 0.3) is 0 Å². The van der Waals surface area contributed by atoms with Gasteiger partial charge in [-0.3, -0.25) is 4.90 Å². The summed E-state index contributed by atoms with van der Waals surface area (Å²) < 4.78 is 37.9. The molecule has 8 heteroatoms. The fraction of sp³-hybridized carbons (Fsp3) is 0.524. The van der Waals surface area contributed by atoms with Crippen molar-refractivity contribution in [3.05, 3.63) is 54.0 Å². The minimum absolute atomic E-state index is 0.210. The van der Waals surface area contributed by atoms with E-state index in [-0.39, 0.29) is 6.61 Å². The van der Waals surface area contributed by atoms with Crippen LogP contribution in [0.15, 0.2) is 52.0 Å². The third-order valence-corrected chi connectivity index (χ3v) is 7.03. The fourth-order valence-corrected chi connectivity index (χ4v) is 4.79. The van der Waals surface area contributed by atoms with Gasteiger partial charge in [0, 0.05) is 32.7 Å². The van der Waals surface area contributed by atoms with Crippen LogP contribution in [0.5, 0.6) is 0 Å². The molecule has 1 aliphatic rings. The largest absolute Gasteiger partial charge is 0.467 e. The van der Waals surface area contributed by atoms with Crippen molar-refractivity contribution >= 4 is 10.0 Å². The second-order valence-corrected chi connectivity index (χ2v) is 9.61. The van der Waals surface area contributed by atoms with Crippen LogP contribution in [0.1, 0.15) is 31.1 Å². The van der Waals surface area contributed by atoms with Crippen LogP contribution in [0.2, 0.25) is 0 Å². The van der Waals surface area contributed by atoms with Crippen LogP contribution < -0.4 is 0 Å². The Morgan fingerprint density at radius 1 is 1.10 bits per heavy atom. The van der Waals surface area contributed by atoms with Crippen LogP contribution in [0.25, 0.3) is 0 Å². The summed E-state index contributed by atoms with van der Waals surface area (Å²) in [6.07, 6.45) is 0.957. The van der Waals surface area contributed by atoms with Gasteiger partial charge in [-0.1, -0.05) is 26.0 Å². The van der Waals surface area contributed by atoms with Gasteiger partial charge in [-0.25, -0.2) is 8.42 Å². The minimum atomic E-state index is -3.49. The van der Waals surface area contributed by atoms with Crippen LogP contribution in [0, 0.1) is 0 Å². The number of hydrogen-bond acceptors (Lipinski definition) is 6. The first-order valence-electron chi connectivity index (χ1n) is 9.97. The maximum absolute atomic E-state index is 12.9. The van der Waals surface area contributed by atoms with Gasteiger partial charge in [-0.15, -0.1) is 0 Å². The Morgan fingerprint density at radius 2 is 1.79 bits per heavy atom. The summed E-state index contributed by atoms with van der Waals surface area (Å²) >= 11 is 0. The van der Waals surface area contributed by atoms with Crippen molar-refractivity contribution in [1.82, 2.24) is 9.21 Å². The number of aliphatic hydroxyl groups excluding tert-OH is 1. The van der Waals surface area contributed by atoms with Gasteiger partial charge in [-0.2, -0.15) is 4.31 Å². The highest BCUT2D eigenvalue weighted by Gasteiger charge is 2.29. The van der Waals surface area contributed by atoms with Crippen LogP contribution in [0.4, 0.5) is 0 Å². The summed E-state index contributed by atoms with van der Waals surface area (Å²) in [6, 6.07) is 10.8. The monoisotopic (exact) mass is 422 g/mol. The molecule has 160 valence electrons. The maximum Gasteiger partial charge on any atom is 0.243 e. The molecular formula is C21H30N2O5S. The summed E-state index contributed by atoms with van der Waals surface area (Å²) in [6.45, 7) is 7.14. The molecule has 7 nitrogen and oxygen atoms in total. The van der Waals surface area contributed by atoms with E-state index < -0.39 is 16.1 Å². The van der Waals surface area contributed by atoms with E-state index in [1.165, 1.54) is 4.31 Å². The highest BCUT2D eigenvalue weighted by molar-refractivity contribution is 7.89. The Kier molecular flexibility index (Phi) is 7.48. The highest BCUT2D eigenvalue weighted by Crippen LogP contribution is 2.21. The second kappa shape index (κ2) is 9.86. The van der Waals surface area contributed by atoms with Crippen molar-refractivity contribution in [2.45, 2.75) is 37.4 Å². The number of ether oxygens (including phenoxy) is 1. The van der Waals surface area contributed by atoms with Gasteiger partial charge in [0.15, 0.2) is 0 Å². The third-order valence-electron chi connectivity index (χ3n) is 5.12. The summed E-state index contributed by atoms with van der Waals surface area (Å²) in [4.78, 5) is 2.40. The zero-order chi connectivity index (χ0) is 20.9. The Hall–Kier alpha value is -1.71. The van der Waals surface area contributed by atoms with E-state index in [1.807, 2.05) is 18.2 Å². The molecule has 0 saturated carbocycles. The number of β-amino-alcohol motifs (C(OH)–C–C–N with tert-alkyl or cyclic N) is 1. The number of sulfonamides is 1. The van der Waals surface area contributed by atoms with E-state index in [0.29, 0.717) is 50.1 Å². The normalized spacial score (nSPS) is 17.7. The van der Waals surface area contributed by atoms with E-state index in [2.05, 4.69) is 18.7 Å². The van der Waals surface area contributed by atoms with Crippen molar-refractivity contribution < 1.29 is 22.7 Å². The number of nitrogens with zero attached hydrogens (tertiary/aromatic N) is 2. The zero-order valence-electron chi connectivity index (χ0n) is 17.0. The molecule has 0 radical (unpaired) electrons. The first-order valence-corrected chi connectivity index (χ1v) is 11.4. The molecule has 1 unspecified atom stereocenters. The smallest absolute Gasteiger partial charge is 0.243 e. The molecular weight excluding hydrogens is 392 g/mol. The van der Waals surface area contributed by atoms with Crippen LogP contribution in [-0.4, -0.2) is 68.2 Å². The molecule has 0 aliphatic carbocycles. The topological polar surface area (TPSA) is 83.2 Å². The molecule has 2 heterocycles. The molecule has 1 fully saturated rings. The van der Waals surface area contributed by atoms with Gasteiger partial charge >= 0.3 is 0 Å². The first kappa shape index (κ1) is 22.0. The molecule has 0 spiro atoms. The predicted molar refractivity (Wildman–Crippen MR) is 110 cm³/mol. The van der Waals surface area contributed by atoms with Gasteiger partial charge in [-0.05, 0) is 35.7 Å². The Morgan fingerprint density at radius 3 is 2.38 bits per heavy atom. The third kappa shape index (κ3) is 5.90. The fourth-order valence-electron chi connectivity index (χ4n) is 3.37. The first-order chi connectivity index (χ1) is 13.9. The van der Waals surface area contributed by atoms with Crippen LogP contribution in [-0.2, 0) is 21.4 Å². The van der Waals surface area contributed by atoms with Gasteiger partial charge in [0.05, 0.1) is 23.9 Å². The quantitative estimate of drug-likeness (QED) is 0.668. The number of benzene rings is 1. The zero-order valence-corrected chi connectivity index (χ0v) is 17.8. The lowest BCUT2D eigenvalue weighted by molar-refractivity contribution is 0.00100. The predicted octanol–water partition coefficient (Wildman–Crippen LogP) is 2.29. The number of aliphatic hydroxyl groups is 1. The summed E-state index contributed by atoms with van der Waals surface area (Å²) in [5.41, 5.74) is 1.12. The number of hydrogen-bond donors (Lipinski definition) is 1. The average Bonchev–Trinajstić information content (AvgIpc) is 3.22. The average molecular weight is 423 g/mol. The molecule has 1 saturated heterocycles. The van der Waals surface area contributed by atoms with E-state index in [1.54, 1.807) is 24.5 Å². The van der Waals surface area contributed by atoms with E-state index in [9.17, 15) is 13.5 Å². The molecule has 29 heavy (non-hydrogen) atoms. The molecule has 1 atom stereocenters. The molecule has 1 aromatic carbocycles. The Balaban J connectivity index is 1.45. The van der Waals surface area contributed by atoms with E-state index in [4.69, 9.17) is 9.15 Å². The molecule has 1 aromatic heterocycles. The van der Waals surface area contributed by atoms with Crippen molar-refractivity contribution in [2.24, 2.45) is 0 Å². The van der Waals surface area contributed by atoms with Crippen LogP contribution in [0.3, 0.4) is 0 Å². The van der Waals surface area contributed by atoms with Crippen molar-refractivity contribution in [3.8, 4) is 0 Å².